The van der Waals surface area contributed by atoms with E-state index < -0.39 is 36.4 Å². The van der Waals surface area contributed by atoms with Gasteiger partial charge < -0.3 is 9.84 Å². The van der Waals surface area contributed by atoms with Crippen molar-refractivity contribution in [1.82, 2.24) is 4.90 Å². The van der Waals surface area contributed by atoms with Gasteiger partial charge in [0.2, 0.25) is 6.10 Å². The Morgan fingerprint density at radius 1 is 0.923 bits per heavy atom. The molecular weight excluding hydrogens is 338 g/mol. The second-order valence-corrected chi connectivity index (χ2v) is 5.75. The van der Waals surface area contributed by atoms with E-state index in [2.05, 4.69) is 0 Å². The van der Waals surface area contributed by atoms with E-state index in [0.717, 1.165) is 4.90 Å². The third kappa shape index (κ3) is 3.46. The highest BCUT2D eigenvalue weighted by molar-refractivity contribution is 6.22. The molecule has 2 aromatic rings. The molecule has 7 heteroatoms. The number of hydrogen-bond donors (Lipinski definition) is 1. The van der Waals surface area contributed by atoms with Crippen LogP contribution in [0.3, 0.4) is 0 Å². The van der Waals surface area contributed by atoms with Crippen molar-refractivity contribution < 1.29 is 29.0 Å². The Bertz CT molecular complexity index is 842. The lowest BCUT2D eigenvalue weighted by Crippen LogP contribution is -2.38. The Kier molecular flexibility index (Phi) is 4.79. The monoisotopic (exact) mass is 353 g/mol. The van der Waals surface area contributed by atoms with Gasteiger partial charge in [-0.3, -0.25) is 19.3 Å². The SMILES string of the molecule is O=C(CN1C(=O)c2ccccc2C1=O)O[C@@H](Cc1ccccc1)C(=O)O. The summed E-state index contributed by atoms with van der Waals surface area (Å²) in [5.41, 5.74) is 1.11. The summed E-state index contributed by atoms with van der Waals surface area (Å²) in [6, 6.07) is 14.9. The number of aliphatic carboxylic acids is 1. The van der Waals surface area contributed by atoms with Gasteiger partial charge in [-0.2, -0.15) is 0 Å². The molecule has 1 N–H and O–H groups in total. The first-order chi connectivity index (χ1) is 12.5. The highest BCUT2D eigenvalue weighted by Crippen LogP contribution is 2.22. The molecule has 2 aromatic carbocycles. The minimum absolute atomic E-state index is 0.00989. The summed E-state index contributed by atoms with van der Waals surface area (Å²) in [6.45, 7) is -0.634. The molecule has 0 saturated heterocycles. The molecule has 3 rings (SSSR count). The van der Waals surface area contributed by atoms with E-state index in [-0.39, 0.29) is 17.5 Å². The van der Waals surface area contributed by atoms with E-state index in [1.54, 1.807) is 42.5 Å². The summed E-state index contributed by atoms with van der Waals surface area (Å²) >= 11 is 0. The van der Waals surface area contributed by atoms with Crippen LogP contribution in [0.2, 0.25) is 0 Å². The van der Waals surface area contributed by atoms with Crippen molar-refractivity contribution in [3.63, 3.8) is 0 Å². The van der Waals surface area contributed by atoms with Gasteiger partial charge in [-0.15, -0.1) is 0 Å². The molecule has 2 amide bonds. The van der Waals surface area contributed by atoms with E-state index in [1.165, 1.54) is 12.1 Å². The Balaban J connectivity index is 1.67. The van der Waals surface area contributed by atoms with Crippen LogP contribution in [0.15, 0.2) is 54.6 Å². The van der Waals surface area contributed by atoms with Gasteiger partial charge in [0.05, 0.1) is 11.1 Å². The van der Waals surface area contributed by atoms with Crippen molar-refractivity contribution in [1.29, 1.82) is 0 Å². The van der Waals surface area contributed by atoms with Crippen LogP contribution in [0.5, 0.6) is 0 Å². The quantitative estimate of drug-likeness (QED) is 0.624. The van der Waals surface area contributed by atoms with Crippen LogP contribution >= 0.6 is 0 Å². The number of amides is 2. The highest BCUT2D eigenvalue weighted by Gasteiger charge is 2.37. The Labute approximate surface area is 148 Å². The molecule has 0 spiro atoms. The molecule has 1 atom stereocenters. The number of carboxylic acids is 1. The van der Waals surface area contributed by atoms with Crippen LogP contribution in [0.1, 0.15) is 26.3 Å². The number of imide groups is 1. The molecule has 1 aliphatic heterocycles. The molecule has 132 valence electrons. The van der Waals surface area contributed by atoms with Gasteiger partial charge in [-0.05, 0) is 17.7 Å². The third-order valence-corrected chi connectivity index (χ3v) is 3.98. The number of carbonyl (C=O) groups excluding carboxylic acids is 3. The summed E-state index contributed by atoms with van der Waals surface area (Å²) in [6.07, 6.45) is -1.41. The van der Waals surface area contributed by atoms with Crippen LogP contribution in [0.25, 0.3) is 0 Å². The average Bonchev–Trinajstić information content (AvgIpc) is 2.87. The maximum absolute atomic E-state index is 12.2. The fourth-order valence-electron chi connectivity index (χ4n) is 2.72. The molecule has 26 heavy (non-hydrogen) atoms. The van der Waals surface area contributed by atoms with Gasteiger partial charge >= 0.3 is 11.9 Å². The zero-order valence-corrected chi connectivity index (χ0v) is 13.6. The van der Waals surface area contributed by atoms with Crippen molar-refractivity contribution in [2.45, 2.75) is 12.5 Å². The van der Waals surface area contributed by atoms with E-state index in [9.17, 15) is 24.3 Å². The summed E-state index contributed by atoms with van der Waals surface area (Å²) in [5.74, 6) is -3.46. The van der Waals surface area contributed by atoms with Crippen LogP contribution in [0.4, 0.5) is 0 Å². The largest absolute Gasteiger partial charge is 0.478 e. The normalized spacial score (nSPS) is 14.1. The lowest BCUT2D eigenvalue weighted by atomic mass is 10.1. The lowest BCUT2D eigenvalue weighted by molar-refractivity contribution is -0.163. The first-order valence-corrected chi connectivity index (χ1v) is 7.89. The van der Waals surface area contributed by atoms with Crippen molar-refractivity contribution in [3.05, 3.63) is 71.3 Å². The maximum atomic E-state index is 12.2. The van der Waals surface area contributed by atoms with Gasteiger partial charge in [-0.1, -0.05) is 42.5 Å². The fraction of sp³-hybridized carbons (Fsp3) is 0.158. The molecule has 0 radical (unpaired) electrons. The number of nitrogens with zero attached hydrogens (tertiary/aromatic N) is 1. The molecule has 0 unspecified atom stereocenters. The number of esters is 1. The molecule has 0 saturated carbocycles. The Morgan fingerprint density at radius 2 is 1.46 bits per heavy atom. The summed E-state index contributed by atoms with van der Waals surface area (Å²) < 4.78 is 4.99. The topological polar surface area (TPSA) is 101 Å². The smallest absolute Gasteiger partial charge is 0.345 e. The molecule has 7 nitrogen and oxygen atoms in total. The predicted molar refractivity (Wildman–Crippen MR) is 89.5 cm³/mol. The first kappa shape index (κ1) is 17.3. The molecule has 0 aromatic heterocycles. The number of hydrogen-bond acceptors (Lipinski definition) is 5. The molecule has 1 heterocycles. The zero-order valence-electron chi connectivity index (χ0n) is 13.6. The van der Waals surface area contributed by atoms with Crippen LogP contribution in [0, 0.1) is 0 Å². The van der Waals surface area contributed by atoms with E-state index in [4.69, 9.17) is 4.74 Å². The Hall–Kier alpha value is -3.48. The second kappa shape index (κ2) is 7.18. The minimum atomic E-state index is -1.40. The average molecular weight is 353 g/mol. The first-order valence-electron chi connectivity index (χ1n) is 7.89. The van der Waals surface area contributed by atoms with Crippen molar-refractivity contribution in [2.75, 3.05) is 6.54 Å². The van der Waals surface area contributed by atoms with Crippen molar-refractivity contribution in [2.24, 2.45) is 0 Å². The molecule has 0 fully saturated rings. The van der Waals surface area contributed by atoms with E-state index in [1.807, 2.05) is 0 Å². The van der Waals surface area contributed by atoms with Crippen molar-refractivity contribution >= 4 is 23.8 Å². The number of ether oxygens (including phenoxy) is 1. The molecular formula is C19H15NO6. The van der Waals surface area contributed by atoms with Crippen LogP contribution in [-0.2, 0) is 20.7 Å². The summed E-state index contributed by atoms with van der Waals surface area (Å²) in [7, 11) is 0. The standard InChI is InChI=1S/C19H15NO6/c21-16(26-15(19(24)25)10-12-6-2-1-3-7-12)11-20-17(22)13-8-4-5-9-14(13)18(20)23/h1-9,15H,10-11H2,(H,24,25)/t15-/m0/s1. The van der Waals surface area contributed by atoms with Crippen LogP contribution in [-0.4, -0.2) is 46.4 Å². The van der Waals surface area contributed by atoms with Gasteiger partial charge in [0.15, 0.2) is 0 Å². The number of fused-ring (bicyclic) bond motifs is 1. The fourth-order valence-corrected chi connectivity index (χ4v) is 2.72. The predicted octanol–water partition coefficient (Wildman–Crippen LogP) is 1.52. The minimum Gasteiger partial charge on any atom is -0.478 e. The van der Waals surface area contributed by atoms with Crippen molar-refractivity contribution in [3.8, 4) is 0 Å². The second-order valence-electron chi connectivity index (χ2n) is 5.75. The Morgan fingerprint density at radius 3 is 2.00 bits per heavy atom. The molecule has 0 bridgehead atoms. The van der Waals surface area contributed by atoms with Gasteiger partial charge in [0.25, 0.3) is 11.8 Å². The summed E-state index contributed by atoms with van der Waals surface area (Å²) in [4.78, 5) is 48.7. The van der Waals surface area contributed by atoms with Crippen LogP contribution < -0.4 is 0 Å². The number of carboxylic acid groups (broad SMARTS) is 1. The highest BCUT2D eigenvalue weighted by atomic mass is 16.6. The molecule has 1 aliphatic rings. The lowest BCUT2D eigenvalue weighted by Gasteiger charge is -2.17. The van der Waals surface area contributed by atoms with Gasteiger partial charge in [-0.25, -0.2) is 4.79 Å². The van der Waals surface area contributed by atoms with Gasteiger partial charge in [0, 0.05) is 6.42 Å². The summed E-state index contributed by atoms with van der Waals surface area (Å²) in [5, 5.41) is 9.27. The molecule has 0 aliphatic carbocycles. The number of benzene rings is 2. The van der Waals surface area contributed by atoms with E-state index in [0.29, 0.717) is 5.56 Å². The maximum Gasteiger partial charge on any atom is 0.345 e. The zero-order chi connectivity index (χ0) is 18.7. The van der Waals surface area contributed by atoms with E-state index >= 15 is 0 Å². The number of carbonyl (C=O) groups is 4. The number of rotatable bonds is 6. The third-order valence-electron chi connectivity index (χ3n) is 3.98. The van der Waals surface area contributed by atoms with Gasteiger partial charge in [0.1, 0.15) is 6.54 Å².